The lowest BCUT2D eigenvalue weighted by Gasteiger charge is -2.31. The predicted molar refractivity (Wildman–Crippen MR) is 134 cm³/mol. The molecular weight excluding hydrogens is 517 g/mol. The van der Waals surface area contributed by atoms with E-state index in [2.05, 4.69) is 39.4 Å². The molecule has 6 rings (SSSR count). The van der Waals surface area contributed by atoms with Crippen LogP contribution in [0.3, 0.4) is 0 Å². The fourth-order valence-corrected chi connectivity index (χ4v) is 6.30. The van der Waals surface area contributed by atoms with Crippen molar-refractivity contribution < 1.29 is 22.8 Å². The molecule has 1 aromatic carbocycles. The molecule has 3 aliphatic rings. The van der Waals surface area contributed by atoms with Crippen LogP contribution in [0.2, 0.25) is 0 Å². The Labute approximate surface area is 221 Å². The van der Waals surface area contributed by atoms with Crippen LogP contribution in [0.15, 0.2) is 40.9 Å². The molecule has 0 bridgehead atoms. The molecular formula is C26H27F3N6O2S. The highest BCUT2D eigenvalue weighted by Crippen LogP contribution is 2.33. The van der Waals surface area contributed by atoms with Crippen LogP contribution in [0.1, 0.15) is 58.4 Å². The number of nitrogens with zero attached hydrogens (tertiary/aromatic N) is 6. The summed E-state index contributed by atoms with van der Waals surface area (Å²) in [5.41, 5.74) is 3.69. The number of aryl methyl sites for hydroxylation is 1. The zero-order chi connectivity index (χ0) is 26.4. The molecule has 1 saturated heterocycles. The summed E-state index contributed by atoms with van der Waals surface area (Å²) >= 11 is 1.60. The molecule has 0 unspecified atom stereocenters. The number of amides is 1. The second kappa shape index (κ2) is 9.81. The van der Waals surface area contributed by atoms with Crippen LogP contribution in [0.5, 0.6) is 0 Å². The van der Waals surface area contributed by atoms with Crippen molar-refractivity contribution >= 4 is 23.0 Å². The molecule has 0 radical (unpaired) electrons. The number of alkyl halides is 3. The average molecular weight is 545 g/mol. The van der Waals surface area contributed by atoms with Gasteiger partial charge in [0.1, 0.15) is 12.3 Å². The van der Waals surface area contributed by atoms with Crippen LogP contribution < -0.4 is 0 Å². The number of piperidine rings is 1. The van der Waals surface area contributed by atoms with E-state index in [1.807, 2.05) is 5.38 Å². The Morgan fingerprint density at radius 3 is 2.53 bits per heavy atom. The molecule has 1 amide bonds. The maximum atomic E-state index is 12.9. The lowest BCUT2D eigenvalue weighted by molar-refractivity contribution is -0.142. The summed E-state index contributed by atoms with van der Waals surface area (Å²) in [6.45, 7) is 4.10. The topological polar surface area (TPSA) is 75.8 Å². The zero-order valence-corrected chi connectivity index (χ0v) is 21.6. The highest BCUT2D eigenvalue weighted by atomic mass is 32.1. The first kappa shape index (κ1) is 25.1. The molecule has 2 aromatic heterocycles. The van der Waals surface area contributed by atoms with E-state index in [0.717, 1.165) is 53.1 Å². The summed E-state index contributed by atoms with van der Waals surface area (Å²) in [6.07, 6.45) is -2.43. The van der Waals surface area contributed by atoms with E-state index in [1.54, 1.807) is 16.2 Å². The monoisotopic (exact) mass is 544 g/mol. The third-order valence-electron chi connectivity index (χ3n) is 7.50. The molecule has 8 nitrogen and oxygen atoms in total. The lowest BCUT2D eigenvalue weighted by Crippen LogP contribution is -2.40. The van der Waals surface area contributed by atoms with Crippen molar-refractivity contribution in [2.24, 2.45) is 5.16 Å². The molecule has 0 spiro atoms. The number of hydrogen-bond donors (Lipinski definition) is 0. The van der Waals surface area contributed by atoms with E-state index in [-0.39, 0.29) is 24.6 Å². The van der Waals surface area contributed by atoms with Crippen molar-refractivity contribution in [1.82, 2.24) is 24.6 Å². The maximum Gasteiger partial charge on any atom is 0.435 e. The summed E-state index contributed by atoms with van der Waals surface area (Å²) in [7, 11) is 0. The van der Waals surface area contributed by atoms with Crippen molar-refractivity contribution in [1.29, 1.82) is 0 Å². The first-order chi connectivity index (χ1) is 18.2. The van der Waals surface area contributed by atoms with Crippen molar-refractivity contribution in [3.63, 3.8) is 0 Å². The van der Waals surface area contributed by atoms with Gasteiger partial charge >= 0.3 is 6.18 Å². The Balaban J connectivity index is 1.01. The maximum absolute atomic E-state index is 12.9. The number of thiazole rings is 1. The molecule has 200 valence electrons. The van der Waals surface area contributed by atoms with Crippen LogP contribution in [0.25, 0.3) is 0 Å². The largest absolute Gasteiger partial charge is 0.435 e. The Morgan fingerprint density at radius 2 is 1.87 bits per heavy atom. The average Bonchev–Trinajstić information content (AvgIpc) is 3.69. The number of rotatable bonds is 5. The summed E-state index contributed by atoms with van der Waals surface area (Å²) < 4.78 is 39.9. The minimum absolute atomic E-state index is 0.0950. The summed E-state index contributed by atoms with van der Waals surface area (Å²) in [4.78, 5) is 27.4. The van der Waals surface area contributed by atoms with Crippen LogP contribution in [0.4, 0.5) is 13.2 Å². The minimum atomic E-state index is -4.53. The minimum Gasteiger partial charge on any atom is -0.376 e. The number of oxime groups is 1. The highest BCUT2D eigenvalue weighted by Gasteiger charge is 2.36. The van der Waals surface area contributed by atoms with Gasteiger partial charge < -0.3 is 9.74 Å². The summed E-state index contributed by atoms with van der Waals surface area (Å²) in [5, 5.41) is 11.0. The number of aromatic nitrogens is 3. The van der Waals surface area contributed by atoms with Gasteiger partial charge in [0.15, 0.2) is 11.9 Å². The van der Waals surface area contributed by atoms with Gasteiger partial charge in [0, 0.05) is 49.6 Å². The quantitative estimate of drug-likeness (QED) is 0.472. The number of fused-ring (bicyclic) bond motifs is 1. The predicted octanol–water partition coefficient (Wildman–Crippen LogP) is 4.54. The van der Waals surface area contributed by atoms with Gasteiger partial charge in [-0.1, -0.05) is 29.4 Å². The van der Waals surface area contributed by atoms with Crippen molar-refractivity contribution in [2.45, 2.75) is 64.1 Å². The van der Waals surface area contributed by atoms with Crippen molar-refractivity contribution in [2.75, 3.05) is 13.1 Å². The molecule has 38 heavy (non-hydrogen) atoms. The Kier molecular flexibility index (Phi) is 6.47. The molecule has 0 aliphatic carbocycles. The molecule has 1 atom stereocenters. The number of halogens is 3. The first-order valence-electron chi connectivity index (χ1n) is 12.6. The van der Waals surface area contributed by atoms with E-state index in [9.17, 15) is 18.0 Å². The number of benzene rings is 1. The van der Waals surface area contributed by atoms with E-state index in [0.29, 0.717) is 25.2 Å². The lowest BCUT2D eigenvalue weighted by atomic mass is 9.97. The second-order valence-corrected chi connectivity index (χ2v) is 10.9. The molecule has 12 heteroatoms. The first-order valence-corrected chi connectivity index (χ1v) is 13.5. The molecule has 3 aromatic rings. The number of hydrogen-bond acceptors (Lipinski definition) is 7. The van der Waals surface area contributed by atoms with Crippen LogP contribution in [0, 0.1) is 6.92 Å². The fraction of sp³-hybridized carbons (Fsp3) is 0.462. The van der Waals surface area contributed by atoms with E-state index in [4.69, 9.17) is 9.82 Å². The number of carbonyl (C=O) groups is 1. The Hall–Kier alpha value is -3.25. The number of likely N-dealkylation sites (tertiary alicyclic amines) is 1. The van der Waals surface area contributed by atoms with Gasteiger partial charge in [-0.05, 0) is 37.0 Å². The normalized spacial score (nSPS) is 20.5. The van der Waals surface area contributed by atoms with E-state index < -0.39 is 11.9 Å². The van der Waals surface area contributed by atoms with Gasteiger partial charge in [-0.2, -0.15) is 18.3 Å². The van der Waals surface area contributed by atoms with E-state index >= 15 is 0 Å². The Morgan fingerprint density at radius 1 is 1.16 bits per heavy atom. The third-order valence-corrected chi connectivity index (χ3v) is 8.50. The second-order valence-electron chi connectivity index (χ2n) is 10.0. The summed E-state index contributed by atoms with van der Waals surface area (Å²) in [5.74, 6) is 0.00337. The van der Waals surface area contributed by atoms with Gasteiger partial charge in [-0.3, -0.25) is 14.4 Å². The zero-order valence-electron chi connectivity index (χ0n) is 20.8. The van der Waals surface area contributed by atoms with Gasteiger partial charge in [0.2, 0.25) is 5.91 Å². The van der Waals surface area contributed by atoms with Gasteiger partial charge in [-0.25, -0.2) is 4.98 Å². The highest BCUT2D eigenvalue weighted by molar-refractivity contribution is 7.10. The summed E-state index contributed by atoms with van der Waals surface area (Å²) in [6, 6.07) is 9.39. The van der Waals surface area contributed by atoms with Gasteiger partial charge in [0.05, 0.1) is 10.7 Å². The van der Waals surface area contributed by atoms with Crippen molar-refractivity contribution in [3.8, 4) is 0 Å². The van der Waals surface area contributed by atoms with Crippen molar-refractivity contribution in [3.05, 3.63) is 68.9 Å². The Bertz CT molecular complexity index is 1350. The van der Waals surface area contributed by atoms with Crippen LogP contribution in [-0.2, 0) is 35.4 Å². The fourth-order valence-electron chi connectivity index (χ4n) is 5.29. The third kappa shape index (κ3) is 4.94. The van der Waals surface area contributed by atoms with Crippen LogP contribution in [-0.4, -0.2) is 55.5 Å². The smallest absolute Gasteiger partial charge is 0.376 e. The molecule has 0 saturated carbocycles. The molecule has 0 N–H and O–H groups in total. The molecule has 3 aliphatic heterocycles. The standard InChI is InChI=1S/C26H27F3N6O2S/c1-16-10-22(26(27,28)29)31-35(16)14-23(36)33-8-6-17(7-9-33)25-30-21(15-38-25)20-11-24(37-32-20)34-12-18-4-2-3-5-19(18)13-34/h2-5,10,15,17,24H,6-9,11-14H2,1H3/t24-/m1/s1. The van der Waals surface area contributed by atoms with Gasteiger partial charge in [0.25, 0.3) is 0 Å². The van der Waals surface area contributed by atoms with Gasteiger partial charge in [-0.15, -0.1) is 11.3 Å². The number of carbonyl (C=O) groups excluding carboxylic acids is 1. The van der Waals surface area contributed by atoms with E-state index in [1.165, 1.54) is 18.1 Å². The van der Waals surface area contributed by atoms with Crippen LogP contribution >= 0.6 is 11.3 Å². The molecule has 5 heterocycles. The SMILES string of the molecule is Cc1cc(C(F)(F)F)nn1CC(=O)N1CCC(c2nc(C3=NO[C@@H](N4Cc5ccccc5C4)C3)cs2)CC1. The molecule has 1 fully saturated rings.